The van der Waals surface area contributed by atoms with Crippen LogP contribution in [0.3, 0.4) is 0 Å². The van der Waals surface area contributed by atoms with Crippen molar-refractivity contribution in [1.82, 2.24) is 15.0 Å². The summed E-state index contributed by atoms with van der Waals surface area (Å²) in [7, 11) is 0. The molecule has 0 saturated carbocycles. The Morgan fingerprint density at radius 2 is 0.952 bits per heavy atom. The Hall–Kier alpha value is -6.09. The number of anilines is 8. The number of carbonyl (C=O) groups is 2. The van der Waals surface area contributed by atoms with E-state index >= 15 is 0 Å². The Bertz CT molecular complexity index is 1700. The van der Waals surface area contributed by atoms with Crippen molar-refractivity contribution in [1.29, 1.82) is 0 Å². The highest BCUT2D eigenvalue weighted by atomic mass is 16.1. The van der Waals surface area contributed by atoms with Gasteiger partial charge in [0.05, 0.1) is 11.4 Å². The van der Waals surface area contributed by atoms with Gasteiger partial charge >= 0.3 is 0 Å². The third kappa shape index (κ3) is 5.75. The van der Waals surface area contributed by atoms with E-state index in [1.807, 2.05) is 84.9 Å². The van der Waals surface area contributed by atoms with Gasteiger partial charge in [-0.15, -0.1) is 0 Å². The standard InChI is InChI=1S/C33H25N7O2/c41-19-22-15-26(37-24-7-3-1-4-8-24)11-13-30(22)39-32-28-17-34-18-29(28)33(36-21-35-32)40-31-14-12-27(16-23(31)20-42)38-25-9-5-2-6-10-25/h1-21,37-38H,(H2,35,36,39,40). The number of fused-ring (bicyclic) bond motifs is 1. The van der Waals surface area contributed by atoms with Crippen LogP contribution in [-0.2, 0) is 0 Å². The summed E-state index contributed by atoms with van der Waals surface area (Å²) in [6.07, 6.45) is 6.37. The Kier molecular flexibility index (Phi) is 7.45. The largest absolute Gasteiger partial charge is 0.356 e. The second-order valence-corrected chi connectivity index (χ2v) is 9.38. The van der Waals surface area contributed by atoms with Gasteiger partial charge in [0, 0.05) is 57.4 Å². The molecule has 0 unspecified atom stereocenters. The maximum atomic E-state index is 12.0. The first kappa shape index (κ1) is 26.1. The molecule has 2 heterocycles. The molecule has 9 nitrogen and oxygen atoms in total. The summed E-state index contributed by atoms with van der Waals surface area (Å²) in [5, 5.41) is 13.1. The Balaban J connectivity index is 1.24. The van der Waals surface area contributed by atoms with E-state index in [4.69, 9.17) is 0 Å². The second kappa shape index (κ2) is 12.0. The number of carbonyl (C=O) groups excluding carboxylic acids is 2. The number of aromatic nitrogens is 3. The SMILES string of the molecule is O=Cc1cc(Nc2ccccc2)ccc1Nc1ncnc(Nc2ccc(Nc3ccccc3)cc2C=O)c2cncc1-2. The molecule has 0 aliphatic carbocycles. The van der Waals surface area contributed by atoms with Gasteiger partial charge in [0.1, 0.15) is 18.0 Å². The van der Waals surface area contributed by atoms with Gasteiger partial charge in [-0.25, -0.2) is 9.97 Å². The second-order valence-electron chi connectivity index (χ2n) is 9.38. The fourth-order valence-electron chi connectivity index (χ4n) is 4.52. The van der Waals surface area contributed by atoms with E-state index in [1.54, 1.807) is 24.5 Å². The van der Waals surface area contributed by atoms with Crippen molar-refractivity contribution in [2.45, 2.75) is 0 Å². The van der Waals surface area contributed by atoms with E-state index in [0.717, 1.165) is 35.3 Å². The number of nitrogens with one attached hydrogen (secondary N) is 4. The van der Waals surface area contributed by atoms with Crippen LogP contribution in [0.15, 0.2) is 116 Å². The molecule has 0 spiro atoms. The van der Waals surface area contributed by atoms with Crippen LogP contribution in [0.4, 0.5) is 45.8 Å². The van der Waals surface area contributed by atoms with Gasteiger partial charge in [0.25, 0.3) is 0 Å². The third-order valence-corrected chi connectivity index (χ3v) is 6.57. The van der Waals surface area contributed by atoms with Crippen LogP contribution in [-0.4, -0.2) is 27.5 Å². The Morgan fingerprint density at radius 3 is 1.38 bits per heavy atom. The van der Waals surface area contributed by atoms with Gasteiger partial charge in [-0.1, -0.05) is 36.4 Å². The zero-order valence-corrected chi connectivity index (χ0v) is 22.3. The summed E-state index contributed by atoms with van der Waals surface area (Å²) in [5.74, 6) is 0.959. The number of para-hydroxylation sites is 2. The zero-order chi connectivity index (χ0) is 28.7. The summed E-state index contributed by atoms with van der Waals surface area (Å²) in [5.41, 5.74) is 6.87. The summed E-state index contributed by atoms with van der Waals surface area (Å²) in [6.45, 7) is 0. The number of benzene rings is 4. The van der Waals surface area contributed by atoms with E-state index < -0.39 is 0 Å². The molecule has 0 aromatic heterocycles. The molecule has 0 amide bonds. The molecule has 42 heavy (non-hydrogen) atoms. The van der Waals surface area contributed by atoms with Crippen molar-refractivity contribution in [3.8, 4) is 11.1 Å². The molecular weight excluding hydrogens is 526 g/mol. The monoisotopic (exact) mass is 551 g/mol. The lowest BCUT2D eigenvalue weighted by molar-refractivity contribution is 0.111. The van der Waals surface area contributed by atoms with Crippen LogP contribution in [0.1, 0.15) is 20.7 Å². The molecule has 204 valence electrons. The van der Waals surface area contributed by atoms with Gasteiger partial charge in [0.2, 0.25) is 0 Å². The first-order valence-electron chi connectivity index (χ1n) is 13.2. The van der Waals surface area contributed by atoms with E-state index in [9.17, 15) is 9.59 Å². The van der Waals surface area contributed by atoms with Crippen molar-refractivity contribution in [2.24, 2.45) is 0 Å². The van der Waals surface area contributed by atoms with Crippen LogP contribution < -0.4 is 21.3 Å². The van der Waals surface area contributed by atoms with Crippen molar-refractivity contribution < 1.29 is 9.59 Å². The van der Waals surface area contributed by atoms with E-state index in [0.29, 0.717) is 45.3 Å². The lowest BCUT2D eigenvalue weighted by Gasteiger charge is -2.13. The Labute approximate surface area is 242 Å². The molecule has 2 aliphatic rings. The van der Waals surface area contributed by atoms with Crippen LogP contribution >= 0.6 is 0 Å². The van der Waals surface area contributed by atoms with Crippen LogP contribution in [0.25, 0.3) is 11.1 Å². The predicted octanol–water partition coefficient (Wildman–Crippen LogP) is 7.58. The predicted molar refractivity (Wildman–Crippen MR) is 166 cm³/mol. The normalized spacial score (nSPS) is 10.6. The maximum Gasteiger partial charge on any atom is 0.152 e. The molecule has 0 atom stereocenters. The van der Waals surface area contributed by atoms with Gasteiger partial charge in [-0.05, 0) is 60.7 Å². The van der Waals surface area contributed by atoms with Crippen molar-refractivity contribution in [3.05, 3.63) is 127 Å². The molecule has 4 aromatic rings. The summed E-state index contributed by atoms with van der Waals surface area (Å²) in [4.78, 5) is 37.3. The minimum atomic E-state index is 0.461. The smallest absolute Gasteiger partial charge is 0.152 e. The molecule has 2 aliphatic heterocycles. The first-order valence-corrected chi connectivity index (χ1v) is 13.2. The molecule has 6 rings (SSSR count). The van der Waals surface area contributed by atoms with Gasteiger partial charge in [0.15, 0.2) is 12.6 Å². The molecule has 0 fully saturated rings. The fourth-order valence-corrected chi connectivity index (χ4v) is 4.52. The summed E-state index contributed by atoms with van der Waals surface area (Å²) < 4.78 is 0. The minimum absolute atomic E-state index is 0.461. The number of rotatable bonds is 10. The van der Waals surface area contributed by atoms with Crippen LogP contribution in [0.2, 0.25) is 0 Å². The quantitative estimate of drug-likeness (QED) is 0.128. The van der Waals surface area contributed by atoms with Crippen LogP contribution in [0.5, 0.6) is 0 Å². The molecule has 0 radical (unpaired) electrons. The van der Waals surface area contributed by atoms with E-state index in [-0.39, 0.29) is 0 Å². The van der Waals surface area contributed by atoms with Gasteiger partial charge in [-0.3, -0.25) is 14.6 Å². The molecule has 4 N–H and O–H groups in total. The maximum absolute atomic E-state index is 12.0. The number of hydrogen-bond donors (Lipinski definition) is 4. The van der Waals surface area contributed by atoms with E-state index in [2.05, 4.69) is 36.2 Å². The highest BCUT2D eigenvalue weighted by Gasteiger charge is 2.17. The highest BCUT2D eigenvalue weighted by Crippen LogP contribution is 2.36. The molecule has 4 aromatic carbocycles. The summed E-state index contributed by atoms with van der Waals surface area (Å²) in [6, 6.07) is 30.4. The average Bonchev–Trinajstić information content (AvgIpc) is 3.46. The minimum Gasteiger partial charge on any atom is -0.356 e. The van der Waals surface area contributed by atoms with E-state index in [1.165, 1.54) is 6.33 Å². The molecular formula is C33H25N7O2. The van der Waals surface area contributed by atoms with Crippen molar-refractivity contribution >= 4 is 58.3 Å². The number of nitrogens with zero attached hydrogens (tertiary/aromatic N) is 3. The molecule has 0 saturated heterocycles. The van der Waals surface area contributed by atoms with Gasteiger partial charge in [-0.2, -0.15) is 0 Å². The van der Waals surface area contributed by atoms with Crippen molar-refractivity contribution in [2.75, 3.05) is 21.3 Å². The number of aldehydes is 2. The van der Waals surface area contributed by atoms with Crippen LogP contribution in [0, 0.1) is 0 Å². The third-order valence-electron chi connectivity index (χ3n) is 6.57. The molecule has 0 bridgehead atoms. The topological polar surface area (TPSA) is 121 Å². The van der Waals surface area contributed by atoms with Gasteiger partial charge < -0.3 is 21.3 Å². The zero-order valence-electron chi connectivity index (χ0n) is 22.3. The lowest BCUT2D eigenvalue weighted by atomic mass is 10.1. The summed E-state index contributed by atoms with van der Waals surface area (Å²) >= 11 is 0. The molecule has 9 heteroatoms. The number of hydrogen-bond acceptors (Lipinski definition) is 9. The van der Waals surface area contributed by atoms with Crippen molar-refractivity contribution in [3.63, 3.8) is 0 Å². The highest BCUT2D eigenvalue weighted by molar-refractivity contribution is 5.93. The Morgan fingerprint density at radius 1 is 0.500 bits per heavy atom. The average molecular weight is 552 g/mol. The fraction of sp³-hybridized carbons (Fsp3) is 0. The first-order chi connectivity index (χ1) is 20.7. The lowest BCUT2D eigenvalue weighted by Crippen LogP contribution is -2.00.